The summed E-state index contributed by atoms with van der Waals surface area (Å²) in [6.45, 7) is 124. The average Bonchev–Trinajstić information content (AvgIpc) is 0.798. The van der Waals surface area contributed by atoms with E-state index in [9.17, 15) is 0 Å². The van der Waals surface area contributed by atoms with E-state index in [4.69, 9.17) is 136 Å². The van der Waals surface area contributed by atoms with Crippen molar-refractivity contribution < 1.29 is 136 Å². The van der Waals surface area contributed by atoms with Gasteiger partial charge in [-0.2, -0.15) is 0 Å². The standard InChI is InChI=1S/C60H190O33Si34/c1-94(2)61-96(5)62-97(6)63-98(7)64-99(8)65-100(9)66-101(10)67-102(11)68-103(12)70-105(15,16)72-107(19,20)74-109(23,24)76-111(27,28)78-113(31,32)80-115(35,36)82-117(39,40)84-119(43,44)86-121(47,48)88-123(51,52)90-125(55,56)92-127(59,60)93-126(57,58)91-124(53,54)89-122(49,50)87-120(45,46)85-118(41,42)83-116(37,38)81-114(33,34)79-112(29,30)77-110(25,26)75-108(21,22)73-106(17,18)71-104(13,14)69-95(3)4/h94-103H,1-60H3. The Hall–Kier alpha value is 6.05. The van der Waals surface area contributed by atoms with Gasteiger partial charge in [0.25, 0.3) is 74.3 Å². The molecule has 33 nitrogen and oxygen atoms in total. The van der Waals surface area contributed by atoms with Crippen molar-refractivity contribution >= 4 is 298 Å². The summed E-state index contributed by atoms with van der Waals surface area (Å²) in [6.07, 6.45) is 0. The van der Waals surface area contributed by atoms with Gasteiger partial charge in [0.2, 0.25) is 0 Å². The van der Waals surface area contributed by atoms with Gasteiger partial charge in [-0.1, -0.05) is 0 Å². The topological polar surface area (TPSA) is 305 Å². The first kappa shape index (κ1) is 133. The van der Waals surface area contributed by atoms with E-state index in [0.717, 1.165) is 0 Å². The van der Waals surface area contributed by atoms with Crippen LogP contribution in [0.2, 0.25) is 393 Å². The number of hydrogen-bond acceptors (Lipinski definition) is 33. The Balaban J connectivity index is 5.80. The highest BCUT2D eigenvalue weighted by molar-refractivity contribution is 6.98. The summed E-state index contributed by atoms with van der Waals surface area (Å²) in [7, 11) is -86.7. The van der Waals surface area contributed by atoms with E-state index in [1.54, 1.807) is 0 Å². The molecular weight excluding hydrogens is 2200 g/mol. The molecule has 0 spiro atoms. The molecule has 0 saturated heterocycles. The molecule has 0 fully saturated rings. The fourth-order valence-electron chi connectivity index (χ4n) is 17.6. The van der Waals surface area contributed by atoms with Gasteiger partial charge in [0.15, 0.2) is 18.1 Å². The fourth-order valence-corrected chi connectivity index (χ4v) is 172. The van der Waals surface area contributed by atoms with Crippen molar-refractivity contribution in [2.45, 2.75) is 393 Å². The van der Waals surface area contributed by atoms with E-state index in [-0.39, 0.29) is 0 Å². The minimum absolute atomic E-state index is 1.14. The van der Waals surface area contributed by atoms with Gasteiger partial charge < -0.3 is 136 Å². The maximum absolute atomic E-state index is 7.03. The van der Waals surface area contributed by atoms with Gasteiger partial charge in [0.1, 0.15) is 0 Å². The molecule has 0 rings (SSSR count). The molecular formula is C60H190O33Si34. The Morgan fingerprint density at radius 3 is 0.283 bits per heavy atom. The van der Waals surface area contributed by atoms with Gasteiger partial charge in [0, 0.05) is 0 Å². The Morgan fingerprint density at radius 2 is 0.181 bits per heavy atom. The lowest BCUT2D eigenvalue weighted by Crippen LogP contribution is -2.63. The molecule has 0 aromatic rings. The molecule has 0 saturated carbocycles. The summed E-state index contributed by atoms with van der Waals surface area (Å²) < 4.78 is 223. The number of hydrogen-bond donors (Lipinski definition) is 0. The van der Waals surface area contributed by atoms with Gasteiger partial charge in [-0.3, -0.25) is 0 Å². The van der Waals surface area contributed by atoms with E-state index in [2.05, 4.69) is 308 Å². The minimum Gasteiger partial charge on any atom is -0.442 e. The van der Waals surface area contributed by atoms with Gasteiger partial charge >= 0.3 is 205 Å². The van der Waals surface area contributed by atoms with E-state index in [1.807, 2.05) is 85.1 Å². The zero-order valence-corrected chi connectivity index (χ0v) is 127. The van der Waals surface area contributed by atoms with Gasteiger partial charge in [0.05, 0.1) is 0 Å². The van der Waals surface area contributed by atoms with Crippen molar-refractivity contribution in [2.75, 3.05) is 0 Å². The van der Waals surface area contributed by atoms with Crippen molar-refractivity contribution in [1.82, 2.24) is 0 Å². The molecule has 0 radical (unpaired) electrons. The molecule has 764 valence electrons. The van der Waals surface area contributed by atoms with Gasteiger partial charge in [-0.15, -0.1) is 0 Å². The summed E-state index contributed by atoms with van der Waals surface area (Å²) in [4.78, 5) is 0. The highest BCUT2D eigenvalue weighted by atomic mass is 28.6. The van der Waals surface area contributed by atoms with E-state index in [0.29, 0.717) is 0 Å². The molecule has 0 aromatic carbocycles. The van der Waals surface area contributed by atoms with Crippen LogP contribution in [0.15, 0.2) is 0 Å². The molecule has 0 amide bonds. The van der Waals surface area contributed by atoms with E-state index in [1.165, 1.54) is 0 Å². The van der Waals surface area contributed by atoms with Crippen LogP contribution < -0.4 is 0 Å². The molecule has 8 unspecified atom stereocenters. The first-order valence-corrected chi connectivity index (χ1v) is 135. The highest BCUT2D eigenvalue weighted by Crippen LogP contribution is 2.37. The summed E-state index contributed by atoms with van der Waals surface area (Å²) in [5.41, 5.74) is 0. The van der Waals surface area contributed by atoms with Crippen molar-refractivity contribution in [1.29, 1.82) is 0 Å². The van der Waals surface area contributed by atoms with Crippen LogP contribution in [-0.4, -0.2) is 298 Å². The van der Waals surface area contributed by atoms with Crippen LogP contribution >= 0.6 is 0 Å². The van der Waals surface area contributed by atoms with Crippen molar-refractivity contribution in [3.05, 3.63) is 0 Å². The average molecular weight is 2400 g/mol. The molecule has 127 heavy (non-hydrogen) atoms. The molecule has 0 aliphatic heterocycles. The van der Waals surface area contributed by atoms with Crippen LogP contribution in [0.3, 0.4) is 0 Å². The second-order valence-electron chi connectivity index (χ2n) is 43.9. The second-order valence-corrected chi connectivity index (χ2v) is 154. The van der Waals surface area contributed by atoms with Crippen LogP contribution in [0.5, 0.6) is 0 Å². The molecule has 0 aromatic heterocycles. The number of rotatable bonds is 66. The summed E-state index contributed by atoms with van der Waals surface area (Å²) in [6, 6.07) is 0. The zero-order valence-electron chi connectivity index (χ0n) is 91.2. The Kier molecular flexibility index (Phi) is 52.3. The van der Waals surface area contributed by atoms with Crippen LogP contribution in [0, 0.1) is 0 Å². The maximum Gasteiger partial charge on any atom is 0.314 e. The van der Waals surface area contributed by atoms with Gasteiger partial charge in [-0.05, 0) is 393 Å². The lowest BCUT2D eigenvalue weighted by atomic mass is 11.9. The maximum atomic E-state index is 7.03. The molecule has 0 bridgehead atoms. The smallest absolute Gasteiger partial charge is 0.314 e. The predicted octanol–water partition coefficient (Wildman–Crippen LogP) is 17.1. The zero-order chi connectivity index (χ0) is 101. The third kappa shape index (κ3) is 64.5. The van der Waals surface area contributed by atoms with Crippen molar-refractivity contribution in [3.63, 3.8) is 0 Å². The SMILES string of the molecule is C[SiH](C)O[SiH](C)O[SiH](C)O[SiH](C)O[SiH](C)O[SiH](C)O[SiH](C)O[SiH](C)O[SiH](C)O[Si](C)(C)O[Si](C)(C)O[Si](C)(C)O[Si](C)(C)O[Si](C)(C)O[Si](C)(C)O[Si](C)(C)O[Si](C)(C)O[Si](C)(C)O[Si](C)(C)O[Si](C)(C)O[Si](C)(C)O[Si](C)(C)O[Si](C)(C)O[Si](C)(C)O[Si](C)(C)O[Si](C)(C)O[Si](C)(C)O[Si](C)(C)O[Si](C)(C)O[Si](C)(C)O[Si](C)(C)O[Si](C)(C)O[Si](C)(C)O[SiH](C)C. The first-order chi connectivity index (χ1) is 55.2. The van der Waals surface area contributed by atoms with Crippen molar-refractivity contribution in [2.24, 2.45) is 0 Å². The van der Waals surface area contributed by atoms with Crippen LogP contribution in [0.1, 0.15) is 0 Å². The largest absolute Gasteiger partial charge is 0.442 e. The summed E-state index contributed by atoms with van der Waals surface area (Å²) in [5.74, 6) is 0. The molecule has 67 heteroatoms. The Bertz CT molecular complexity index is 3270. The van der Waals surface area contributed by atoms with E-state index < -0.39 is 298 Å². The first-order valence-electron chi connectivity index (χ1n) is 45.0. The monoisotopic (exact) mass is 2390 g/mol. The molecule has 0 heterocycles. The molecule has 0 N–H and O–H groups in total. The summed E-state index contributed by atoms with van der Waals surface area (Å²) in [5, 5.41) is 0. The normalized spacial score (nSPS) is 17.4. The predicted molar refractivity (Wildman–Crippen MR) is 597 cm³/mol. The molecule has 0 aliphatic rings. The van der Waals surface area contributed by atoms with E-state index >= 15 is 0 Å². The Morgan fingerprint density at radius 1 is 0.0945 bits per heavy atom. The highest BCUT2D eigenvalue weighted by Gasteiger charge is 2.57. The van der Waals surface area contributed by atoms with Crippen molar-refractivity contribution in [3.8, 4) is 0 Å². The van der Waals surface area contributed by atoms with Crippen LogP contribution in [-0.2, 0) is 136 Å². The Labute approximate surface area is 818 Å². The van der Waals surface area contributed by atoms with Crippen LogP contribution in [0.4, 0.5) is 0 Å². The second kappa shape index (κ2) is 50.0. The fraction of sp³-hybridized carbons (Fsp3) is 1.00. The lowest BCUT2D eigenvalue weighted by Gasteiger charge is -2.45. The minimum atomic E-state index is -2.94. The molecule has 8 atom stereocenters. The quantitative estimate of drug-likeness (QED) is 0.0511. The third-order valence-corrected chi connectivity index (χ3v) is 139. The summed E-state index contributed by atoms with van der Waals surface area (Å²) >= 11 is 0. The van der Waals surface area contributed by atoms with Crippen LogP contribution in [0.25, 0.3) is 0 Å². The van der Waals surface area contributed by atoms with Gasteiger partial charge in [-0.25, -0.2) is 0 Å². The molecule has 0 aliphatic carbocycles. The third-order valence-electron chi connectivity index (χ3n) is 15.4. The lowest BCUT2D eigenvalue weighted by molar-refractivity contribution is 0.245.